The minimum Gasteiger partial charge on any atom is -0.481 e. The van der Waals surface area contributed by atoms with E-state index < -0.39 is 35.9 Å². The van der Waals surface area contributed by atoms with Crippen LogP contribution in [0.4, 0.5) is 4.79 Å². The summed E-state index contributed by atoms with van der Waals surface area (Å²) in [6, 6.07) is 14.1. The molecule has 1 fully saturated rings. The van der Waals surface area contributed by atoms with Crippen molar-refractivity contribution >= 4 is 23.9 Å². The fraction of sp³-hybridized carbons (Fsp3) is 0.385. The van der Waals surface area contributed by atoms with Gasteiger partial charge >= 0.3 is 18.0 Å². The van der Waals surface area contributed by atoms with Gasteiger partial charge in [-0.05, 0) is 35.1 Å². The molecule has 35 heavy (non-hydrogen) atoms. The van der Waals surface area contributed by atoms with Crippen molar-refractivity contribution in [3.05, 3.63) is 59.7 Å². The van der Waals surface area contributed by atoms with Gasteiger partial charge in [-0.1, -0.05) is 55.5 Å². The molecule has 1 aliphatic heterocycles. The maximum Gasteiger partial charge on any atom is 0.408 e. The molecule has 2 aromatic carbocycles. The highest BCUT2D eigenvalue weighted by Gasteiger charge is 2.42. The summed E-state index contributed by atoms with van der Waals surface area (Å²) in [5.41, 5.74) is 4.22. The van der Waals surface area contributed by atoms with E-state index in [1.165, 1.54) is 4.90 Å². The van der Waals surface area contributed by atoms with Crippen molar-refractivity contribution in [2.75, 3.05) is 26.3 Å². The third kappa shape index (κ3) is 4.84. The lowest BCUT2D eigenvalue weighted by Crippen LogP contribution is -2.53. The van der Waals surface area contributed by atoms with Gasteiger partial charge in [0.05, 0.1) is 12.5 Å². The van der Waals surface area contributed by atoms with Crippen LogP contribution in [-0.4, -0.2) is 66.3 Å². The number of aliphatic carboxylic acids is 1. The molecule has 9 heteroatoms. The number of benzene rings is 2. The average Bonchev–Trinajstić information content (AvgIpc) is 3.39. The maximum atomic E-state index is 13.1. The van der Waals surface area contributed by atoms with E-state index in [0.29, 0.717) is 0 Å². The van der Waals surface area contributed by atoms with Crippen LogP contribution in [0.1, 0.15) is 30.9 Å². The Morgan fingerprint density at radius 1 is 1.00 bits per heavy atom. The Labute approximate surface area is 203 Å². The molecule has 0 saturated carbocycles. The molecule has 3 atom stereocenters. The molecule has 1 heterocycles. The normalized spacial score (nSPS) is 19.4. The molecule has 0 aromatic heterocycles. The number of carbonyl (C=O) groups is 4. The topological polar surface area (TPSA) is 122 Å². The number of alkyl carbamates (subject to hydrolysis) is 1. The van der Waals surface area contributed by atoms with E-state index in [1.54, 1.807) is 13.8 Å². The zero-order valence-corrected chi connectivity index (χ0v) is 19.6. The lowest BCUT2D eigenvalue weighted by atomic mass is 9.98. The molecule has 3 unspecified atom stereocenters. The lowest BCUT2D eigenvalue weighted by Gasteiger charge is -2.23. The van der Waals surface area contributed by atoms with Crippen LogP contribution in [0.5, 0.6) is 0 Å². The Balaban J connectivity index is 1.45. The van der Waals surface area contributed by atoms with Crippen molar-refractivity contribution in [2.24, 2.45) is 11.8 Å². The minimum absolute atomic E-state index is 0.0170. The first-order chi connectivity index (χ1) is 16.8. The maximum absolute atomic E-state index is 13.1. The van der Waals surface area contributed by atoms with Gasteiger partial charge in [-0.15, -0.1) is 0 Å². The summed E-state index contributed by atoms with van der Waals surface area (Å²) < 4.78 is 10.5. The molecule has 2 aliphatic rings. The van der Waals surface area contributed by atoms with E-state index >= 15 is 0 Å². The quantitative estimate of drug-likeness (QED) is 0.461. The molecule has 4 rings (SSSR count). The number of ether oxygens (including phenoxy) is 2. The number of hydrogen-bond donors (Lipinski definition) is 2. The number of hydrogen-bond acceptors (Lipinski definition) is 6. The van der Waals surface area contributed by atoms with E-state index in [0.717, 1.165) is 22.3 Å². The van der Waals surface area contributed by atoms with Crippen molar-refractivity contribution in [3.8, 4) is 11.1 Å². The molecule has 0 spiro atoms. The van der Waals surface area contributed by atoms with Gasteiger partial charge in [-0.3, -0.25) is 14.9 Å². The minimum atomic E-state index is -1.62. The van der Waals surface area contributed by atoms with E-state index in [4.69, 9.17) is 9.47 Å². The van der Waals surface area contributed by atoms with Gasteiger partial charge in [0.15, 0.2) is 0 Å². The summed E-state index contributed by atoms with van der Waals surface area (Å²) in [5, 5.41) is 11.7. The van der Waals surface area contributed by atoms with Crippen LogP contribution in [0.3, 0.4) is 0 Å². The fourth-order valence-corrected chi connectivity index (χ4v) is 4.86. The highest BCUT2D eigenvalue weighted by atomic mass is 16.6. The number of nitrogens with one attached hydrogen (secondary N) is 1. The summed E-state index contributed by atoms with van der Waals surface area (Å²) in [6.07, 6.45) is -0.930. The Hall–Kier alpha value is -3.88. The monoisotopic (exact) mass is 480 g/mol. The van der Waals surface area contributed by atoms with E-state index in [1.807, 2.05) is 48.5 Å². The molecule has 184 valence electrons. The van der Waals surface area contributed by atoms with Gasteiger partial charge in [0.1, 0.15) is 6.61 Å². The van der Waals surface area contributed by atoms with Crippen LogP contribution in [0.15, 0.2) is 48.5 Å². The number of nitrogens with zero attached hydrogens (tertiary/aromatic N) is 1. The average molecular weight is 481 g/mol. The number of carbonyl (C=O) groups excluding carboxylic acids is 3. The van der Waals surface area contributed by atoms with E-state index in [2.05, 4.69) is 5.32 Å². The summed E-state index contributed by atoms with van der Waals surface area (Å²) in [5.74, 6) is -3.85. The smallest absolute Gasteiger partial charge is 0.408 e. The first kappa shape index (κ1) is 24.3. The van der Waals surface area contributed by atoms with Crippen LogP contribution >= 0.6 is 0 Å². The fourth-order valence-electron chi connectivity index (χ4n) is 4.86. The van der Waals surface area contributed by atoms with Crippen LogP contribution < -0.4 is 5.32 Å². The molecule has 0 bridgehead atoms. The molecule has 9 nitrogen and oxygen atoms in total. The summed E-state index contributed by atoms with van der Waals surface area (Å²) in [4.78, 5) is 51.0. The Morgan fingerprint density at radius 3 is 2.14 bits per heavy atom. The van der Waals surface area contributed by atoms with Crippen molar-refractivity contribution in [3.63, 3.8) is 0 Å². The number of carboxylic acids is 1. The summed E-state index contributed by atoms with van der Waals surface area (Å²) in [6.45, 7) is 3.47. The molecule has 1 aliphatic carbocycles. The molecule has 2 aromatic rings. The van der Waals surface area contributed by atoms with E-state index in [9.17, 15) is 24.3 Å². The number of esters is 1. The van der Waals surface area contributed by atoms with Gasteiger partial charge in [0.25, 0.3) is 5.91 Å². The first-order valence-corrected chi connectivity index (χ1v) is 11.6. The second-order valence-electron chi connectivity index (χ2n) is 8.82. The van der Waals surface area contributed by atoms with Crippen molar-refractivity contribution in [2.45, 2.75) is 25.8 Å². The SMILES string of the molecule is CCOC(=O)C(NC(=O)OCC1c2ccccc2-c2ccccc21)C(=O)N1CC(C)C(C(=O)O)C1. The van der Waals surface area contributed by atoms with Crippen molar-refractivity contribution < 1.29 is 33.8 Å². The Bertz CT molecular complexity index is 1100. The second-order valence-corrected chi connectivity index (χ2v) is 8.82. The Kier molecular flexibility index (Phi) is 7.04. The number of amides is 2. The van der Waals surface area contributed by atoms with Crippen molar-refractivity contribution in [1.82, 2.24) is 10.2 Å². The second kappa shape index (κ2) is 10.2. The van der Waals surface area contributed by atoms with Crippen LogP contribution in [0.25, 0.3) is 11.1 Å². The number of likely N-dealkylation sites (tertiary alicyclic amines) is 1. The highest BCUT2D eigenvalue weighted by Crippen LogP contribution is 2.44. The largest absolute Gasteiger partial charge is 0.481 e. The van der Waals surface area contributed by atoms with Gasteiger partial charge in [0.2, 0.25) is 6.04 Å². The third-order valence-electron chi connectivity index (χ3n) is 6.62. The van der Waals surface area contributed by atoms with Crippen molar-refractivity contribution in [1.29, 1.82) is 0 Å². The van der Waals surface area contributed by atoms with Crippen LogP contribution in [0.2, 0.25) is 0 Å². The molecular weight excluding hydrogens is 452 g/mol. The summed E-state index contributed by atoms with van der Waals surface area (Å²) in [7, 11) is 0. The molecule has 1 saturated heterocycles. The summed E-state index contributed by atoms with van der Waals surface area (Å²) >= 11 is 0. The number of rotatable bonds is 7. The molecule has 2 amide bonds. The number of carboxylic acid groups (broad SMARTS) is 1. The van der Waals surface area contributed by atoms with Gasteiger partial charge in [-0.2, -0.15) is 0 Å². The highest BCUT2D eigenvalue weighted by molar-refractivity contribution is 6.04. The Morgan fingerprint density at radius 2 is 1.60 bits per heavy atom. The predicted octanol–water partition coefficient (Wildman–Crippen LogP) is 2.64. The molecule has 0 radical (unpaired) electrons. The van der Waals surface area contributed by atoms with E-state index in [-0.39, 0.29) is 38.1 Å². The standard InChI is InChI=1S/C26H28N2O7/c1-3-34-25(32)22(23(29)28-12-15(2)20(13-28)24(30)31)27-26(33)35-14-21-18-10-6-4-8-16(18)17-9-5-7-11-19(17)21/h4-11,15,20-22H,3,12-14H2,1-2H3,(H,27,33)(H,30,31). The van der Waals surface area contributed by atoms with Gasteiger partial charge < -0.3 is 19.5 Å². The lowest BCUT2D eigenvalue weighted by molar-refractivity contribution is -0.151. The number of fused-ring (bicyclic) bond motifs is 3. The first-order valence-electron chi connectivity index (χ1n) is 11.6. The molecule has 2 N–H and O–H groups in total. The van der Waals surface area contributed by atoms with Gasteiger partial charge in [0, 0.05) is 19.0 Å². The van der Waals surface area contributed by atoms with Crippen LogP contribution in [0, 0.1) is 11.8 Å². The predicted molar refractivity (Wildman–Crippen MR) is 125 cm³/mol. The zero-order valence-electron chi connectivity index (χ0n) is 19.6. The third-order valence-corrected chi connectivity index (χ3v) is 6.62. The van der Waals surface area contributed by atoms with Gasteiger partial charge in [-0.25, -0.2) is 9.59 Å². The zero-order chi connectivity index (χ0) is 25.1. The van der Waals surface area contributed by atoms with Crippen LogP contribution in [-0.2, 0) is 23.9 Å². The molecular formula is C26H28N2O7.